The Balaban J connectivity index is 2.19. The van der Waals surface area contributed by atoms with Crippen molar-refractivity contribution in [2.45, 2.75) is 65.0 Å². The van der Waals surface area contributed by atoms with Crippen LogP contribution in [0.25, 0.3) is 0 Å². The van der Waals surface area contributed by atoms with Gasteiger partial charge < -0.3 is 5.73 Å². The number of nitrogens with two attached hydrogens (primary N) is 1. The first-order valence-electron chi connectivity index (χ1n) is 7.46. The van der Waals surface area contributed by atoms with Crippen LogP contribution in [0.15, 0.2) is 0 Å². The van der Waals surface area contributed by atoms with Gasteiger partial charge in [-0.05, 0) is 50.4 Å². The van der Waals surface area contributed by atoms with E-state index in [-0.39, 0.29) is 0 Å². The average molecular weight is 238 g/mol. The molecule has 0 spiro atoms. The number of rotatable bonds is 2. The SMILES string of the molecule is CC1CCC(CN)(N2CC(C)CC2C)C(C)C1. The number of nitrogens with zero attached hydrogens (tertiary/aromatic N) is 1. The zero-order valence-corrected chi connectivity index (χ0v) is 12.1. The van der Waals surface area contributed by atoms with Crippen molar-refractivity contribution in [2.24, 2.45) is 23.5 Å². The zero-order chi connectivity index (χ0) is 12.6. The van der Waals surface area contributed by atoms with Gasteiger partial charge >= 0.3 is 0 Å². The monoisotopic (exact) mass is 238 g/mol. The van der Waals surface area contributed by atoms with Crippen molar-refractivity contribution in [3.63, 3.8) is 0 Å². The molecule has 0 bridgehead atoms. The summed E-state index contributed by atoms with van der Waals surface area (Å²) in [7, 11) is 0. The molecule has 1 heterocycles. The van der Waals surface area contributed by atoms with Crippen molar-refractivity contribution < 1.29 is 0 Å². The molecule has 1 saturated carbocycles. The second-order valence-electron chi connectivity index (χ2n) is 6.93. The van der Waals surface area contributed by atoms with Gasteiger partial charge in [0.05, 0.1) is 0 Å². The van der Waals surface area contributed by atoms with Crippen LogP contribution in [0.2, 0.25) is 0 Å². The third-order valence-corrected chi connectivity index (χ3v) is 5.45. The molecule has 2 fully saturated rings. The number of likely N-dealkylation sites (tertiary alicyclic amines) is 1. The molecule has 5 unspecified atom stereocenters. The van der Waals surface area contributed by atoms with E-state index in [1.54, 1.807) is 0 Å². The van der Waals surface area contributed by atoms with E-state index in [1.165, 1.54) is 32.2 Å². The van der Waals surface area contributed by atoms with Gasteiger partial charge in [-0.2, -0.15) is 0 Å². The summed E-state index contributed by atoms with van der Waals surface area (Å²) in [4.78, 5) is 2.76. The molecular weight excluding hydrogens is 208 g/mol. The van der Waals surface area contributed by atoms with Gasteiger partial charge in [-0.15, -0.1) is 0 Å². The normalized spacial score (nSPS) is 48.5. The fourth-order valence-corrected chi connectivity index (χ4v) is 4.45. The second-order valence-corrected chi connectivity index (χ2v) is 6.93. The van der Waals surface area contributed by atoms with Gasteiger partial charge in [-0.1, -0.05) is 20.8 Å². The van der Waals surface area contributed by atoms with Crippen LogP contribution < -0.4 is 5.73 Å². The molecule has 2 N–H and O–H groups in total. The van der Waals surface area contributed by atoms with Crippen molar-refractivity contribution in [3.05, 3.63) is 0 Å². The molecule has 0 aromatic heterocycles. The van der Waals surface area contributed by atoms with E-state index < -0.39 is 0 Å². The molecule has 2 rings (SSSR count). The predicted molar refractivity (Wildman–Crippen MR) is 73.9 cm³/mol. The molecule has 2 aliphatic rings. The highest BCUT2D eigenvalue weighted by Gasteiger charge is 2.47. The summed E-state index contributed by atoms with van der Waals surface area (Å²) in [5.41, 5.74) is 6.52. The minimum atomic E-state index is 0.302. The third-order valence-electron chi connectivity index (χ3n) is 5.45. The zero-order valence-electron chi connectivity index (χ0n) is 12.1. The van der Waals surface area contributed by atoms with Gasteiger partial charge in [-0.3, -0.25) is 4.90 Å². The molecule has 5 atom stereocenters. The highest BCUT2D eigenvalue weighted by molar-refractivity contribution is 5.03. The lowest BCUT2D eigenvalue weighted by Gasteiger charge is -2.52. The van der Waals surface area contributed by atoms with E-state index in [1.807, 2.05) is 0 Å². The van der Waals surface area contributed by atoms with Gasteiger partial charge in [0.25, 0.3) is 0 Å². The smallest absolute Gasteiger partial charge is 0.0360 e. The van der Waals surface area contributed by atoms with Gasteiger partial charge in [0.15, 0.2) is 0 Å². The van der Waals surface area contributed by atoms with E-state index in [2.05, 4.69) is 32.6 Å². The van der Waals surface area contributed by atoms with Crippen LogP contribution in [-0.2, 0) is 0 Å². The van der Waals surface area contributed by atoms with E-state index in [9.17, 15) is 0 Å². The minimum absolute atomic E-state index is 0.302. The van der Waals surface area contributed by atoms with E-state index >= 15 is 0 Å². The highest BCUT2D eigenvalue weighted by atomic mass is 15.3. The Morgan fingerprint density at radius 2 is 1.82 bits per heavy atom. The van der Waals surface area contributed by atoms with E-state index in [0.29, 0.717) is 5.54 Å². The number of hydrogen-bond acceptors (Lipinski definition) is 2. The molecule has 1 aliphatic carbocycles. The maximum Gasteiger partial charge on any atom is 0.0360 e. The van der Waals surface area contributed by atoms with Crippen LogP contribution in [0.4, 0.5) is 0 Å². The van der Waals surface area contributed by atoms with Gasteiger partial charge in [0.1, 0.15) is 0 Å². The lowest BCUT2D eigenvalue weighted by Crippen LogP contribution is -2.61. The van der Waals surface area contributed by atoms with Crippen molar-refractivity contribution >= 4 is 0 Å². The summed E-state index contributed by atoms with van der Waals surface area (Å²) in [5, 5.41) is 0. The fourth-order valence-electron chi connectivity index (χ4n) is 4.45. The van der Waals surface area contributed by atoms with Crippen molar-refractivity contribution in [1.82, 2.24) is 4.90 Å². The van der Waals surface area contributed by atoms with Crippen molar-refractivity contribution in [2.75, 3.05) is 13.1 Å². The van der Waals surface area contributed by atoms with Gasteiger partial charge in [-0.25, -0.2) is 0 Å². The summed E-state index contributed by atoms with van der Waals surface area (Å²) in [6, 6.07) is 0.726. The Morgan fingerprint density at radius 3 is 2.29 bits per heavy atom. The Labute approximate surface area is 107 Å². The van der Waals surface area contributed by atoms with E-state index in [0.717, 1.165) is 30.3 Å². The number of hydrogen-bond donors (Lipinski definition) is 1. The summed E-state index contributed by atoms with van der Waals surface area (Å²) in [5.74, 6) is 2.49. The molecule has 100 valence electrons. The Kier molecular flexibility index (Phi) is 3.84. The molecule has 1 saturated heterocycles. The van der Waals surface area contributed by atoms with Crippen LogP contribution in [-0.4, -0.2) is 29.6 Å². The first-order chi connectivity index (χ1) is 7.99. The Morgan fingerprint density at radius 1 is 1.12 bits per heavy atom. The maximum atomic E-state index is 6.22. The average Bonchev–Trinajstić information content (AvgIpc) is 2.59. The van der Waals surface area contributed by atoms with Gasteiger partial charge in [0, 0.05) is 24.7 Å². The molecule has 2 heteroatoms. The second kappa shape index (κ2) is 4.89. The highest BCUT2D eigenvalue weighted by Crippen LogP contribution is 2.44. The molecule has 1 aliphatic heterocycles. The largest absolute Gasteiger partial charge is 0.329 e. The first kappa shape index (κ1) is 13.4. The van der Waals surface area contributed by atoms with Crippen LogP contribution in [0.1, 0.15) is 53.4 Å². The van der Waals surface area contributed by atoms with Crippen LogP contribution >= 0.6 is 0 Å². The summed E-state index contributed by atoms with van der Waals surface area (Å²) < 4.78 is 0. The van der Waals surface area contributed by atoms with Crippen molar-refractivity contribution in [1.29, 1.82) is 0 Å². The lowest BCUT2D eigenvalue weighted by atomic mass is 9.68. The predicted octanol–water partition coefficient (Wildman–Crippen LogP) is 2.87. The summed E-state index contributed by atoms with van der Waals surface area (Å²) in [6.45, 7) is 11.7. The molecule has 0 radical (unpaired) electrons. The fraction of sp³-hybridized carbons (Fsp3) is 1.00. The van der Waals surface area contributed by atoms with Gasteiger partial charge in [0.2, 0.25) is 0 Å². The minimum Gasteiger partial charge on any atom is -0.329 e. The maximum absolute atomic E-state index is 6.22. The van der Waals surface area contributed by atoms with Crippen LogP contribution in [0.3, 0.4) is 0 Å². The lowest BCUT2D eigenvalue weighted by molar-refractivity contribution is -0.00639. The molecule has 0 amide bonds. The molecular formula is C15H30N2. The third kappa shape index (κ3) is 2.26. The van der Waals surface area contributed by atoms with Crippen LogP contribution in [0, 0.1) is 17.8 Å². The molecule has 0 aromatic carbocycles. The molecule has 0 aromatic rings. The molecule has 17 heavy (non-hydrogen) atoms. The Hall–Kier alpha value is -0.0800. The molecule has 2 nitrogen and oxygen atoms in total. The van der Waals surface area contributed by atoms with Crippen molar-refractivity contribution in [3.8, 4) is 0 Å². The Bertz CT molecular complexity index is 266. The summed E-state index contributed by atoms with van der Waals surface area (Å²) >= 11 is 0. The summed E-state index contributed by atoms with van der Waals surface area (Å²) in [6.07, 6.45) is 5.38. The quantitative estimate of drug-likeness (QED) is 0.801. The van der Waals surface area contributed by atoms with E-state index in [4.69, 9.17) is 5.73 Å². The topological polar surface area (TPSA) is 29.3 Å². The first-order valence-corrected chi connectivity index (χ1v) is 7.46. The van der Waals surface area contributed by atoms with Crippen LogP contribution in [0.5, 0.6) is 0 Å². The standard InChI is InChI=1S/C15H30N2/c1-11-5-6-15(10-16,13(3)7-11)17-9-12(2)8-14(17)4/h11-14H,5-10,16H2,1-4H3.